The van der Waals surface area contributed by atoms with E-state index >= 15 is 0 Å². The minimum Gasteiger partial charge on any atom is -0.492 e. The summed E-state index contributed by atoms with van der Waals surface area (Å²) in [6.45, 7) is 1.74. The molecule has 0 amide bonds. The zero-order valence-electron chi connectivity index (χ0n) is 17.3. The summed E-state index contributed by atoms with van der Waals surface area (Å²) in [4.78, 5) is 16.7. The van der Waals surface area contributed by atoms with Crippen molar-refractivity contribution in [3.63, 3.8) is 0 Å². The molecule has 2 heterocycles. The normalized spacial score (nSPS) is 14.0. The first kappa shape index (κ1) is 21.4. The van der Waals surface area contributed by atoms with Crippen LogP contribution < -0.4 is 20.3 Å². The zero-order chi connectivity index (χ0) is 21.5. The van der Waals surface area contributed by atoms with Gasteiger partial charge in [-0.3, -0.25) is 14.3 Å². The predicted molar refractivity (Wildman–Crippen MR) is 121 cm³/mol. The van der Waals surface area contributed by atoms with E-state index in [-0.39, 0.29) is 12.2 Å². The molecule has 31 heavy (non-hydrogen) atoms. The number of hydrogen-bond acceptors (Lipinski definition) is 5. The molecule has 0 saturated heterocycles. The second kappa shape index (κ2) is 10.5. The molecule has 1 aromatic carbocycles. The smallest absolute Gasteiger partial charge is 0.258 e. The SMILES string of the molecule is O=c1cc(OCc2ccc(Cl)cn2)ccn1-c1ccc(OCCNC2CCCC2)cc1. The first-order chi connectivity index (χ1) is 15.2. The molecular formula is C24H26ClN3O3. The molecule has 1 fully saturated rings. The van der Waals surface area contributed by atoms with Gasteiger partial charge in [0.25, 0.3) is 5.56 Å². The molecule has 0 atom stereocenters. The number of hydrogen-bond donors (Lipinski definition) is 1. The Labute approximate surface area is 186 Å². The summed E-state index contributed by atoms with van der Waals surface area (Å²) in [6.07, 6.45) is 8.46. The fourth-order valence-electron chi connectivity index (χ4n) is 3.68. The summed E-state index contributed by atoms with van der Waals surface area (Å²) in [5.74, 6) is 1.29. The number of rotatable bonds is 9. The largest absolute Gasteiger partial charge is 0.492 e. The van der Waals surface area contributed by atoms with Crippen LogP contribution in [0.4, 0.5) is 0 Å². The van der Waals surface area contributed by atoms with Crippen molar-refractivity contribution in [1.82, 2.24) is 14.9 Å². The summed E-state index contributed by atoms with van der Waals surface area (Å²) < 4.78 is 13.0. The van der Waals surface area contributed by atoms with Crippen molar-refractivity contribution < 1.29 is 9.47 Å². The molecule has 0 aliphatic heterocycles. The summed E-state index contributed by atoms with van der Waals surface area (Å²) in [5, 5.41) is 4.11. The van der Waals surface area contributed by atoms with Gasteiger partial charge in [-0.15, -0.1) is 0 Å². The number of nitrogens with zero attached hydrogens (tertiary/aromatic N) is 2. The fourth-order valence-corrected chi connectivity index (χ4v) is 3.79. The van der Waals surface area contributed by atoms with E-state index in [1.165, 1.54) is 31.7 Å². The van der Waals surface area contributed by atoms with E-state index in [0.29, 0.717) is 23.4 Å². The van der Waals surface area contributed by atoms with Crippen molar-refractivity contribution in [1.29, 1.82) is 0 Å². The third kappa shape index (κ3) is 6.09. The highest BCUT2D eigenvalue weighted by molar-refractivity contribution is 6.30. The summed E-state index contributed by atoms with van der Waals surface area (Å²) in [6, 6.07) is 14.9. The molecule has 0 unspecified atom stereocenters. The molecule has 7 heteroatoms. The summed E-state index contributed by atoms with van der Waals surface area (Å²) in [5.41, 5.74) is 1.34. The van der Waals surface area contributed by atoms with Crippen molar-refractivity contribution in [2.45, 2.75) is 38.3 Å². The number of benzene rings is 1. The van der Waals surface area contributed by atoms with E-state index in [2.05, 4.69) is 10.3 Å². The minimum atomic E-state index is -0.170. The van der Waals surface area contributed by atoms with Crippen LogP contribution in [0.3, 0.4) is 0 Å². The molecule has 1 saturated carbocycles. The lowest BCUT2D eigenvalue weighted by Gasteiger charge is -2.13. The molecule has 2 aromatic heterocycles. The molecule has 6 nitrogen and oxygen atoms in total. The summed E-state index contributed by atoms with van der Waals surface area (Å²) >= 11 is 5.83. The van der Waals surface area contributed by atoms with Gasteiger partial charge in [-0.05, 0) is 55.3 Å². The zero-order valence-corrected chi connectivity index (χ0v) is 18.1. The van der Waals surface area contributed by atoms with Crippen LogP contribution in [0, 0.1) is 0 Å². The second-order valence-electron chi connectivity index (χ2n) is 7.60. The van der Waals surface area contributed by atoms with Crippen LogP contribution in [0.15, 0.2) is 65.7 Å². The van der Waals surface area contributed by atoms with Gasteiger partial charge in [-0.1, -0.05) is 24.4 Å². The average molecular weight is 440 g/mol. The van der Waals surface area contributed by atoms with Crippen LogP contribution in [0.5, 0.6) is 11.5 Å². The van der Waals surface area contributed by atoms with Crippen molar-refractivity contribution in [3.8, 4) is 17.2 Å². The third-order valence-electron chi connectivity index (χ3n) is 5.34. The van der Waals surface area contributed by atoms with Crippen molar-refractivity contribution in [2.24, 2.45) is 0 Å². The molecule has 1 aliphatic carbocycles. The number of ether oxygens (including phenoxy) is 2. The first-order valence-corrected chi connectivity index (χ1v) is 11.0. The topological polar surface area (TPSA) is 65.4 Å². The first-order valence-electron chi connectivity index (χ1n) is 10.6. The van der Waals surface area contributed by atoms with Gasteiger partial charge in [0, 0.05) is 36.7 Å². The Morgan fingerprint density at radius 2 is 1.84 bits per heavy atom. The van der Waals surface area contributed by atoms with E-state index < -0.39 is 0 Å². The monoisotopic (exact) mass is 439 g/mol. The summed E-state index contributed by atoms with van der Waals surface area (Å²) in [7, 11) is 0. The molecule has 162 valence electrons. The van der Waals surface area contributed by atoms with Crippen molar-refractivity contribution in [2.75, 3.05) is 13.2 Å². The van der Waals surface area contributed by atoms with Crippen molar-refractivity contribution >= 4 is 11.6 Å². The van der Waals surface area contributed by atoms with Crippen molar-refractivity contribution in [3.05, 3.63) is 82.0 Å². The van der Waals surface area contributed by atoms with Crippen LogP contribution in [-0.4, -0.2) is 28.7 Å². The highest BCUT2D eigenvalue weighted by Crippen LogP contribution is 2.18. The number of aromatic nitrogens is 2. The molecule has 0 spiro atoms. The van der Waals surface area contributed by atoms with Crippen LogP contribution in [0.25, 0.3) is 5.69 Å². The van der Waals surface area contributed by atoms with Crippen LogP contribution in [0.1, 0.15) is 31.4 Å². The lowest BCUT2D eigenvalue weighted by Crippen LogP contribution is -2.30. The van der Waals surface area contributed by atoms with E-state index in [1.54, 1.807) is 35.2 Å². The van der Waals surface area contributed by atoms with Gasteiger partial charge >= 0.3 is 0 Å². The number of halogens is 1. The van der Waals surface area contributed by atoms with Crippen LogP contribution in [-0.2, 0) is 6.61 Å². The Bertz CT molecular complexity index is 1030. The predicted octanol–water partition coefficient (Wildman–Crippen LogP) is 4.38. The van der Waals surface area contributed by atoms with Gasteiger partial charge in [0.05, 0.1) is 10.7 Å². The Morgan fingerprint density at radius 3 is 2.55 bits per heavy atom. The number of pyridine rings is 2. The Balaban J connectivity index is 1.30. The van der Waals surface area contributed by atoms with E-state index in [0.717, 1.165) is 23.7 Å². The maximum absolute atomic E-state index is 12.5. The van der Waals surface area contributed by atoms with Gasteiger partial charge in [-0.2, -0.15) is 0 Å². The van der Waals surface area contributed by atoms with Crippen LogP contribution >= 0.6 is 11.6 Å². The lowest BCUT2D eigenvalue weighted by atomic mass is 10.2. The molecule has 1 N–H and O–H groups in total. The maximum Gasteiger partial charge on any atom is 0.258 e. The van der Waals surface area contributed by atoms with Gasteiger partial charge in [0.1, 0.15) is 24.7 Å². The molecule has 0 bridgehead atoms. The minimum absolute atomic E-state index is 0.170. The van der Waals surface area contributed by atoms with E-state index in [4.69, 9.17) is 21.1 Å². The lowest BCUT2D eigenvalue weighted by molar-refractivity contribution is 0.300. The Morgan fingerprint density at radius 1 is 1.03 bits per heavy atom. The van der Waals surface area contributed by atoms with Gasteiger partial charge < -0.3 is 14.8 Å². The highest BCUT2D eigenvalue weighted by Gasteiger charge is 2.13. The Hall–Kier alpha value is -2.83. The van der Waals surface area contributed by atoms with E-state index in [9.17, 15) is 4.79 Å². The molecule has 1 aliphatic rings. The number of nitrogens with one attached hydrogen (secondary N) is 1. The standard InChI is InChI=1S/C24H26ClN3O3/c25-18-5-6-20(27-16-18)17-31-23-11-13-28(24(29)15-23)21-7-9-22(10-8-21)30-14-12-26-19-3-1-2-4-19/h5-11,13,15-16,19,26H,1-4,12,14,17H2. The molecule has 3 aromatic rings. The van der Waals surface area contributed by atoms with Gasteiger partial charge in [0.2, 0.25) is 0 Å². The van der Waals surface area contributed by atoms with E-state index in [1.807, 2.05) is 24.3 Å². The highest BCUT2D eigenvalue weighted by atomic mass is 35.5. The Kier molecular flexibility index (Phi) is 7.22. The van der Waals surface area contributed by atoms with Crippen LogP contribution in [0.2, 0.25) is 5.02 Å². The van der Waals surface area contributed by atoms with Gasteiger partial charge in [0.15, 0.2) is 0 Å². The molecule has 0 radical (unpaired) electrons. The maximum atomic E-state index is 12.5. The van der Waals surface area contributed by atoms with Gasteiger partial charge in [-0.25, -0.2) is 0 Å². The fraction of sp³-hybridized carbons (Fsp3) is 0.333. The molecular weight excluding hydrogens is 414 g/mol. The average Bonchev–Trinajstić information content (AvgIpc) is 3.31. The third-order valence-corrected chi connectivity index (χ3v) is 5.56. The second-order valence-corrected chi connectivity index (χ2v) is 8.04. The quantitative estimate of drug-likeness (QED) is 0.501. The molecule has 4 rings (SSSR count).